The van der Waals surface area contributed by atoms with E-state index in [0.717, 1.165) is 11.9 Å². The Hall–Kier alpha value is -3.26. The van der Waals surface area contributed by atoms with Crippen molar-refractivity contribution in [3.63, 3.8) is 0 Å². The number of nitrogens with one attached hydrogen (secondary N) is 2. The number of methoxy groups -OCH3 is 1. The molecule has 0 spiro atoms. The maximum absolute atomic E-state index is 13.0. The minimum absolute atomic E-state index is 0.111. The van der Waals surface area contributed by atoms with Crippen LogP contribution in [0, 0.1) is 5.82 Å². The van der Waals surface area contributed by atoms with Gasteiger partial charge < -0.3 is 14.6 Å². The van der Waals surface area contributed by atoms with Gasteiger partial charge in [0.05, 0.1) is 17.5 Å². The first-order valence-electron chi connectivity index (χ1n) is 9.33. The second-order valence-electron chi connectivity index (χ2n) is 6.58. The summed E-state index contributed by atoms with van der Waals surface area (Å²) in [6, 6.07) is 11.0. The van der Waals surface area contributed by atoms with Crippen LogP contribution in [0.4, 0.5) is 10.3 Å². The normalized spacial score (nSPS) is 10.9. The molecule has 1 aromatic heterocycles. The molecule has 29 heavy (non-hydrogen) atoms. The molecule has 1 heterocycles. The van der Waals surface area contributed by atoms with Gasteiger partial charge in [-0.15, -0.1) is 0 Å². The molecule has 0 saturated heterocycles. The van der Waals surface area contributed by atoms with Gasteiger partial charge in [-0.1, -0.05) is 19.1 Å². The Morgan fingerprint density at radius 2 is 1.93 bits per heavy atom. The van der Waals surface area contributed by atoms with Gasteiger partial charge in [0.1, 0.15) is 12.5 Å². The SMILES string of the molecule is CCCn1c(NC(=O)Cc2ccc(F)cc2)nc2ccc(C(=O)NCOC)cc21. The van der Waals surface area contributed by atoms with E-state index in [-0.39, 0.29) is 30.8 Å². The Morgan fingerprint density at radius 3 is 2.62 bits per heavy atom. The average Bonchev–Trinajstić information content (AvgIpc) is 3.04. The number of nitrogens with zero attached hydrogens (tertiary/aromatic N) is 2. The van der Waals surface area contributed by atoms with Crippen molar-refractivity contribution >= 4 is 28.8 Å². The number of benzene rings is 2. The van der Waals surface area contributed by atoms with E-state index < -0.39 is 0 Å². The van der Waals surface area contributed by atoms with Crippen molar-refractivity contribution in [1.29, 1.82) is 0 Å². The summed E-state index contributed by atoms with van der Waals surface area (Å²) in [7, 11) is 1.50. The van der Waals surface area contributed by atoms with Crippen LogP contribution in [0.3, 0.4) is 0 Å². The lowest BCUT2D eigenvalue weighted by atomic mass is 10.1. The van der Waals surface area contributed by atoms with Gasteiger partial charge >= 0.3 is 0 Å². The lowest BCUT2D eigenvalue weighted by Gasteiger charge is -2.10. The van der Waals surface area contributed by atoms with Crippen molar-refractivity contribution in [3.05, 3.63) is 59.4 Å². The largest absolute Gasteiger partial charge is 0.364 e. The minimum atomic E-state index is -0.343. The van der Waals surface area contributed by atoms with E-state index in [0.29, 0.717) is 29.1 Å². The number of hydrogen-bond acceptors (Lipinski definition) is 4. The van der Waals surface area contributed by atoms with E-state index >= 15 is 0 Å². The molecule has 0 fully saturated rings. The first-order chi connectivity index (χ1) is 14.0. The summed E-state index contributed by atoms with van der Waals surface area (Å²) in [5.41, 5.74) is 2.63. The van der Waals surface area contributed by atoms with Gasteiger partial charge in [0.2, 0.25) is 11.9 Å². The molecule has 0 atom stereocenters. The van der Waals surface area contributed by atoms with Crippen LogP contribution in [0.5, 0.6) is 0 Å². The van der Waals surface area contributed by atoms with Crippen LogP contribution in [-0.4, -0.2) is 35.2 Å². The molecule has 0 aliphatic rings. The van der Waals surface area contributed by atoms with E-state index in [1.807, 2.05) is 11.5 Å². The predicted octanol–water partition coefficient (Wildman–Crippen LogP) is 3.10. The first-order valence-corrected chi connectivity index (χ1v) is 9.33. The molecule has 0 saturated carbocycles. The molecule has 7 nitrogen and oxygen atoms in total. The zero-order valence-electron chi connectivity index (χ0n) is 16.4. The summed E-state index contributed by atoms with van der Waals surface area (Å²) >= 11 is 0. The molecule has 0 bridgehead atoms. The highest BCUT2D eigenvalue weighted by Crippen LogP contribution is 2.22. The summed E-state index contributed by atoms with van der Waals surface area (Å²) in [5.74, 6) is -0.421. The smallest absolute Gasteiger partial charge is 0.253 e. The van der Waals surface area contributed by atoms with Crippen molar-refractivity contribution in [3.8, 4) is 0 Å². The lowest BCUT2D eigenvalue weighted by Crippen LogP contribution is -2.25. The first kappa shape index (κ1) is 20.5. The number of rotatable bonds is 8. The lowest BCUT2D eigenvalue weighted by molar-refractivity contribution is -0.115. The van der Waals surface area contributed by atoms with Crippen LogP contribution in [0.2, 0.25) is 0 Å². The quantitative estimate of drug-likeness (QED) is 0.571. The fourth-order valence-electron chi connectivity index (χ4n) is 3.01. The number of aromatic nitrogens is 2. The number of amides is 2. The van der Waals surface area contributed by atoms with Crippen LogP contribution in [0.15, 0.2) is 42.5 Å². The van der Waals surface area contributed by atoms with Gasteiger partial charge in [-0.25, -0.2) is 9.37 Å². The van der Waals surface area contributed by atoms with Crippen LogP contribution in [-0.2, 0) is 22.5 Å². The van der Waals surface area contributed by atoms with Crippen LogP contribution in [0.1, 0.15) is 29.3 Å². The van der Waals surface area contributed by atoms with Crippen molar-refractivity contribution < 1.29 is 18.7 Å². The summed E-state index contributed by atoms with van der Waals surface area (Å²) in [6.45, 7) is 2.77. The van der Waals surface area contributed by atoms with Gasteiger partial charge in [0.25, 0.3) is 5.91 Å². The van der Waals surface area contributed by atoms with Gasteiger partial charge in [0, 0.05) is 19.2 Å². The maximum Gasteiger partial charge on any atom is 0.253 e. The Bertz CT molecular complexity index is 1010. The standard InChI is InChI=1S/C21H23FN4O3/c1-3-10-26-18-12-15(20(28)23-13-29-2)6-9-17(18)24-21(26)25-19(27)11-14-4-7-16(22)8-5-14/h4-9,12H,3,10-11,13H2,1-2H3,(H,23,28)(H,24,25,27). The summed E-state index contributed by atoms with van der Waals surface area (Å²) < 4.78 is 19.8. The molecule has 0 radical (unpaired) electrons. The molecule has 2 N–H and O–H groups in total. The molecule has 3 rings (SSSR count). The number of aryl methyl sites for hydroxylation is 1. The third kappa shape index (κ3) is 4.97. The number of ether oxygens (including phenoxy) is 1. The number of carbonyl (C=O) groups is 2. The molecule has 0 unspecified atom stereocenters. The van der Waals surface area contributed by atoms with Gasteiger partial charge in [-0.05, 0) is 42.3 Å². The molecule has 152 valence electrons. The Kier molecular flexibility index (Phi) is 6.56. The van der Waals surface area contributed by atoms with Crippen molar-refractivity contribution in [2.75, 3.05) is 19.2 Å². The Labute approximate surface area is 167 Å². The topological polar surface area (TPSA) is 85.2 Å². The molecule has 0 aliphatic heterocycles. The highest BCUT2D eigenvalue weighted by atomic mass is 19.1. The van der Waals surface area contributed by atoms with E-state index in [2.05, 4.69) is 15.6 Å². The van der Waals surface area contributed by atoms with Crippen molar-refractivity contribution in [2.45, 2.75) is 26.3 Å². The van der Waals surface area contributed by atoms with Gasteiger partial charge in [-0.2, -0.15) is 0 Å². The van der Waals surface area contributed by atoms with Crippen LogP contribution < -0.4 is 10.6 Å². The summed E-state index contributed by atoms with van der Waals surface area (Å²) in [6.07, 6.45) is 0.937. The molecular weight excluding hydrogens is 375 g/mol. The molecule has 0 aliphatic carbocycles. The maximum atomic E-state index is 13.0. The molecule has 3 aromatic rings. The van der Waals surface area contributed by atoms with E-state index in [9.17, 15) is 14.0 Å². The molecular formula is C21H23FN4O3. The van der Waals surface area contributed by atoms with E-state index in [4.69, 9.17) is 4.74 Å². The van der Waals surface area contributed by atoms with Crippen LogP contribution in [0.25, 0.3) is 11.0 Å². The zero-order chi connectivity index (χ0) is 20.8. The monoisotopic (exact) mass is 398 g/mol. The average molecular weight is 398 g/mol. The van der Waals surface area contributed by atoms with Gasteiger partial charge in [-0.3, -0.25) is 14.9 Å². The molecule has 2 amide bonds. The Balaban J connectivity index is 1.84. The zero-order valence-corrected chi connectivity index (χ0v) is 16.4. The minimum Gasteiger partial charge on any atom is -0.364 e. The number of fused-ring (bicyclic) bond motifs is 1. The second-order valence-corrected chi connectivity index (χ2v) is 6.58. The highest BCUT2D eigenvalue weighted by Gasteiger charge is 2.15. The number of carbonyl (C=O) groups excluding carboxylic acids is 2. The number of hydrogen-bond donors (Lipinski definition) is 2. The molecule has 8 heteroatoms. The van der Waals surface area contributed by atoms with Crippen molar-refractivity contribution in [1.82, 2.24) is 14.9 Å². The predicted molar refractivity (Wildman–Crippen MR) is 108 cm³/mol. The third-order valence-corrected chi connectivity index (χ3v) is 4.36. The highest BCUT2D eigenvalue weighted by molar-refractivity contribution is 5.98. The fraction of sp³-hybridized carbons (Fsp3) is 0.286. The molecule has 2 aromatic carbocycles. The number of imidazole rings is 1. The van der Waals surface area contributed by atoms with E-state index in [1.165, 1.54) is 19.2 Å². The van der Waals surface area contributed by atoms with Crippen LogP contribution >= 0.6 is 0 Å². The summed E-state index contributed by atoms with van der Waals surface area (Å²) in [5, 5.41) is 5.48. The third-order valence-electron chi connectivity index (χ3n) is 4.36. The fourth-order valence-corrected chi connectivity index (χ4v) is 3.01. The van der Waals surface area contributed by atoms with E-state index in [1.54, 1.807) is 30.3 Å². The second kappa shape index (κ2) is 9.29. The van der Waals surface area contributed by atoms with Gasteiger partial charge in [0.15, 0.2) is 0 Å². The summed E-state index contributed by atoms with van der Waals surface area (Å²) in [4.78, 5) is 29.2. The number of anilines is 1. The Morgan fingerprint density at radius 1 is 1.17 bits per heavy atom. The number of halogens is 1. The van der Waals surface area contributed by atoms with Crippen molar-refractivity contribution in [2.24, 2.45) is 0 Å².